The molecule has 0 N–H and O–H groups in total. The Balaban J connectivity index is 1.25. The van der Waals surface area contributed by atoms with Gasteiger partial charge in [-0.2, -0.15) is 0 Å². The van der Waals surface area contributed by atoms with Crippen LogP contribution in [-0.4, -0.2) is 9.55 Å². The van der Waals surface area contributed by atoms with E-state index in [0.717, 1.165) is 54.8 Å². The average molecular weight is 543 g/mol. The molecule has 192 valence electrons. The van der Waals surface area contributed by atoms with Gasteiger partial charge in [0.25, 0.3) is 0 Å². The van der Waals surface area contributed by atoms with Crippen molar-refractivity contribution in [3.8, 4) is 27.4 Å². The van der Waals surface area contributed by atoms with E-state index in [-0.39, 0.29) is 0 Å². The molecule has 0 aliphatic heterocycles. The van der Waals surface area contributed by atoms with Gasteiger partial charge in [0.2, 0.25) is 0 Å². The number of nitrogens with zero attached hydrogens (tertiary/aromatic N) is 2. The first-order valence-corrected chi connectivity index (χ1v) is 14.5. The molecule has 0 aliphatic rings. The van der Waals surface area contributed by atoms with Gasteiger partial charge >= 0.3 is 0 Å². The van der Waals surface area contributed by atoms with Crippen molar-refractivity contribution >= 4 is 65.3 Å². The summed E-state index contributed by atoms with van der Waals surface area (Å²) in [5.41, 5.74) is 9.76. The highest BCUT2D eigenvalue weighted by atomic mass is 32.1. The molecule has 0 amide bonds. The van der Waals surface area contributed by atoms with Crippen LogP contribution < -0.4 is 0 Å². The SMILES string of the molecule is c1cc(-c2nc3ccccc3s2)cc(-n2c3ccccc3c3cc(-c4cccc5c4oc4ccccc45)ccc32)c1. The Labute approximate surface area is 239 Å². The summed E-state index contributed by atoms with van der Waals surface area (Å²) < 4.78 is 9.95. The summed E-state index contributed by atoms with van der Waals surface area (Å²) in [6.45, 7) is 0. The van der Waals surface area contributed by atoms with Crippen molar-refractivity contribution in [3.05, 3.63) is 133 Å². The van der Waals surface area contributed by atoms with E-state index in [1.807, 2.05) is 18.2 Å². The minimum atomic E-state index is 0.917. The fraction of sp³-hybridized carbons (Fsp3) is 0. The minimum Gasteiger partial charge on any atom is -0.455 e. The molecule has 0 radical (unpaired) electrons. The van der Waals surface area contributed by atoms with Crippen LogP contribution in [0.2, 0.25) is 0 Å². The molecule has 41 heavy (non-hydrogen) atoms. The highest BCUT2D eigenvalue weighted by Gasteiger charge is 2.17. The summed E-state index contributed by atoms with van der Waals surface area (Å²) in [5.74, 6) is 0. The van der Waals surface area contributed by atoms with Crippen molar-refractivity contribution in [1.82, 2.24) is 9.55 Å². The number of rotatable bonds is 3. The predicted octanol–water partition coefficient (Wildman–Crippen LogP) is 10.6. The lowest BCUT2D eigenvalue weighted by molar-refractivity contribution is 0.670. The van der Waals surface area contributed by atoms with Crippen molar-refractivity contribution in [2.24, 2.45) is 0 Å². The third kappa shape index (κ3) is 3.41. The maximum absolute atomic E-state index is 6.38. The van der Waals surface area contributed by atoms with Gasteiger partial charge in [0.05, 0.1) is 21.3 Å². The molecule has 6 aromatic carbocycles. The summed E-state index contributed by atoms with van der Waals surface area (Å²) in [6, 6.07) is 47.2. The molecule has 0 saturated heterocycles. The molecule has 0 atom stereocenters. The van der Waals surface area contributed by atoms with E-state index < -0.39 is 0 Å². The third-order valence-corrected chi connectivity index (χ3v) is 9.12. The Kier molecular flexibility index (Phi) is 4.77. The van der Waals surface area contributed by atoms with Crippen LogP contribution in [0.1, 0.15) is 0 Å². The van der Waals surface area contributed by atoms with E-state index in [1.165, 1.54) is 26.5 Å². The van der Waals surface area contributed by atoms with Crippen molar-refractivity contribution in [2.45, 2.75) is 0 Å². The number of fused-ring (bicyclic) bond motifs is 7. The quantitative estimate of drug-likeness (QED) is 0.222. The molecule has 0 saturated carbocycles. The van der Waals surface area contributed by atoms with E-state index in [1.54, 1.807) is 11.3 Å². The lowest BCUT2D eigenvalue weighted by Crippen LogP contribution is -1.94. The van der Waals surface area contributed by atoms with E-state index >= 15 is 0 Å². The molecule has 0 fully saturated rings. The maximum atomic E-state index is 6.38. The summed E-state index contributed by atoms with van der Waals surface area (Å²) in [5, 5.41) is 5.78. The first-order chi connectivity index (χ1) is 20.3. The second-order valence-electron chi connectivity index (χ2n) is 10.4. The van der Waals surface area contributed by atoms with E-state index in [4.69, 9.17) is 9.40 Å². The molecule has 0 spiro atoms. The van der Waals surface area contributed by atoms with Crippen molar-refractivity contribution in [1.29, 1.82) is 0 Å². The van der Waals surface area contributed by atoms with Crippen LogP contribution in [0.5, 0.6) is 0 Å². The number of hydrogen-bond donors (Lipinski definition) is 0. The zero-order valence-electron chi connectivity index (χ0n) is 21.9. The minimum absolute atomic E-state index is 0.917. The molecule has 9 aromatic rings. The first-order valence-electron chi connectivity index (χ1n) is 13.7. The number of para-hydroxylation sites is 4. The number of hydrogen-bond acceptors (Lipinski definition) is 3. The fourth-order valence-corrected chi connectivity index (χ4v) is 7.13. The molecular weight excluding hydrogens is 520 g/mol. The van der Waals surface area contributed by atoms with Gasteiger partial charge in [-0.15, -0.1) is 11.3 Å². The number of benzene rings is 6. The van der Waals surface area contributed by atoms with Crippen LogP contribution in [0.3, 0.4) is 0 Å². The monoisotopic (exact) mass is 542 g/mol. The Morgan fingerprint density at radius 3 is 2.29 bits per heavy atom. The summed E-state index contributed by atoms with van der Waals surface area (Å²) in [4.78, 5) is 4.92. The van der Waals surface area contributed by atoms with Crippen LogP contribution in [0.4, 0.5) is 0 Å². The normalized spacial score (nSPS) is 11.9. The molecule has 3 nitrogen and oxygen atoms in total. The Hall–Kier alpha value is -5.19. The second kappa shape index (κ2) is 8.65. The number of aromatic nitrogens is 2. The van der Waals surface area contributed by atoms with E-state index in [0.29, 0.717) is 0 Å². The zero-order chi connectivity index (χ0) is 26.9. The molecule has 3 aromatic heterocycles. The lowest BCUT2D eigenvalue weighted by atomic mass is 10.0. The van der Waals surface area contributed by atoms with Crippen LogP contribution in [0.15, 0.2) is 138 Å². The van der Waals surface area contributed by atoms with E-state index in [2.05, 4.69) is 120 Å². The summed E-state index contributed by atoms with van der Waals surface area (Å²) >= 11 is 1.74. The highest BCUT2D eigenvalue weighted by Crippen LogP contribution is 2.40. The van der Waals surface area contributed by atoms with Gasteiger partial charge in [0, 0.05) is 38.4 Å². The van der Waals surface area contributed by atoms with E-state index in [9.17, 15) is 0 Å². The second-order valence-corrected chi connectivity index (χ2v) is 11.4. The molecule has 0 aliphatic carbocycles. The van der Waals surface area contributed by atoms with Gasteiger partial charge in [-0.25, -0.2) is 4.98 Å². The van der Waals surface area contributed by atoms with Gasteiger partial charge in [-0.3, -0.25) is 0 Å². The van der Waals surface area contributed by atoms with Gasteiger partial charge < -0.3 is 8.98 Å². The van der Waals surface area contributed by atoms with Gasteiger partial charge in [-0.05, 0) is 54.1 Å². The van der Waals surface area contributed by atoms with Crippen molar-refractivity contribution in [3.63, 3.8) is 0 Å². The van der Waals surface area contributed by atoms with Crippen LogP contribution in [-0.2, 0) is 0 Å². The van der Waals surface area contributed by atoms with Crippen molar-refractivity contribution < 1.29 is 4.42 Å². The first kappa shape index (κ1) is 22.6. The van der Waals surface area contributed by atoms with Crippen LogP contribution in [0, 0.1) is 0 Å². The number of furan rings is 1. The largest absolute Gasteiger partial charge is 0.455 e. The smallest absolute Gasteiger partial charge is 0.143 e. The zero-order valence-corrected chi connectivity index (χ0v) is 22.7. The fourth-order valence-electron chi connectivity index (χ4n) is 6.17. The molecule has 3 heterocycles. The molecule has 9 rings (SSSR count). The Morgan fingerprint density at radius 2 is 1.34 bits per heavy atom. The third-order valence-electron chi connectivity index (χ3n) is 8.03. The van der Waals surface area contributed by atoms with Gasteiger partial charge in [0.15, 0.2) is 0 Å². The standard InChI is InChI=1S/C37H22N2OS/c1-4-16-32-27(11-1)30-22-23(26-13-8-14-29-28-12-2-5-17-34(28)40-36(26)29)19-20-33(30)39(32)25-10-7-9-24(21-25)37-38-31-15-3-6-18-35(31)41-37/h1-22H. The molecule has 0 unspecified atom stereocenters. The highest BCUT2D eigenvalue weighted by molar-refractivity contribution is 7.21. The van der Waals surface area contributed by atoms with Gasteiger partial charge in [-0.1, -0.05) is 84.9 Å². The molecular formula is C37H22N2OS. The van der Waals surface area contributed by atoms with Crippen molar-refractivity contribution in [2.75, 3.05) is 0 Å². The van der Waals surface area contributed by atoms with Gasteiger partial charge in [0.1, 0.15) is 16.2 Å². The average Bonchev–Trinajstić information content (AvgIpc) is 3.72. The maximum Gasteiger partial charge on any atom is 0.143 e. The Morgan fingerprint density at radius 1 is 0.561 bits per heavy atom. The van der Waals surface area contributed by atoms with Crippen LogP contribution in [0.25, 0.3) is 81.3 Å². The lowest BCUT2D eigenvalue weighted by Gasteiger charge is -2.10. The number of thiazole rings is 1. The Bertz CT molecular complexity index is 2410. The topological polar surface area (TPSA) is 31.0 Å². The predicted molar refractivity (Wildman–Crippen MR) is 172 cm³/mol. The molecule has 4 heteroatoms. The van der Waals surface area contributed by atoms with Crippen LogP contribution >= 0.6 is 11.3 Å². The summed E-state index contributed by atoms with van der Waals surface area (Å²) in [7, 11) is 0. The summed E-state index contributed by atoms with van der Waals surface area (Å²) in [6.07, 6.45) is 0. The molecule has 0 bridgehead atoms.